The lowest BCUT2D eigenvalue weighted by Crippen LogP contribution is -2.47. The molecule has 1 unspecified atom stereocenters. The average molecular weight is 252 g/mol. The Morgan fingerprint density at radius 3 is 2.50 bits per heavy atom. The minimum Gasteiger partial charge on any atom is -0.337 e. The summed E-state index contributed by atoms with van der Waals surface area (Å²) >= 11 is 0. The molecule has 0 saturated carbocycles. The van der Waals surface area contributed by atoms with Crippen LogP contribution in [-0.4, -0.2) is 29.4 Å². The second-order valence-corrected chi connectivity index (χ2v) is 7.04. The minimum absolute atomic E-state index is 0.138. The zero-order valence-corrected chi connectivity index (χ0v) is 12.1. The maximum absolute atomic E-state index is 12.1. The molecule has 0 aromatic rings. The van der Waals surface area contributed by atoms with Crippen molar-refractivity contribution < 1.29 is 4.79 Å². The van der Waals surface area contributed by atoms with Crippen molar-refractivity contribution in [2.24, 2.45) is 16.4 Å². The Balaban J connectivity index is 2.71. The second kappa shape index (κ2) is 5.19. The van der Waals surface area contributed by atoms with E-state index >= 15 is 0 Å². The molecule has 5 heteroatoms. The van der Waals surface area contributed by atoms with Crippen molar-refractivity contribution in [2.45, 2.75) is 53.0 Å². The molecule has 0 aromatic carbocycles. The third-order valence-electron chi connectivity index (χ3n) is 3.30. The molecule has 1 aliphatic heterocycles. The molecule has 0 N–H and O–H groups in total. The van der Waals surface area contributed by atoms with Crippen molar-refractivity contribution in [3.05, 3.63) is 10.4 Å². The van der Waals surface area contributed by atoms with Crippen molar-refractivity contribution in [3.63, 3.8) is 0 Å². The smallest absolute Gasteiger partial charge is 0.223 e. The molecule has 1 heterocycles. The van der Waals surface area contributed by atoms with Crippen molar-refractivity contribution >= 4 is 5.91 Å². The fourth-order valence-corrected chi connectivity index (χ4v) is 3.03. The van der Waals surface area contributed by atoms with E-state index in [1.807, 2.05) is 4.90 Å². The van der Waals surface area contributed by atoms with Crippen LogP contribution >= 0.6 is 0 Å². The summed E-state index contributed by atoms with van der Waals surface area (Å²) in [5, 5.41) is 3.58. The van der Waals surface area contributed by atoms with Gasteiger partial charge in [0.2, 0.25) is 5.91 Å². The van der Waals surface area contributed by atoms with Gasteiger partial charge >= 0.3 is 0 Å². The van der Waals surface area contributed by atoms with E-state index in [9.17, 15) is 4.79 Å². The number of carbonyl (C=O) groups excluding carboxylic acids is 1. The highest BCUT2D eigenvalue weighted by Gasteiger charge is 2.40. The van der Waals surface area contributed by atoms with Crippen LogP contribution in [0.5, 0.6) is 0 Å². The zero-order chi connectivity index (χ0) is 14.0. The third-order valence-corrected chi connectivity index (χ3v) is 3.30. The molecule has 102 valence electrons. The molecule has 1 atom stereocenters. The van der Waals surface area contributed by atoms with E-state index in [2.05, 4.69) is 44.6 Å². The van der Waals surface area contributed by atoms with E-state index in [4.69, 9.17) is 5.53 Å². The topological polar surface area (TPSA) is 69.1 Å². The van der Waals surface area contributed by atoms with Crippen molar-refractivity contribution in [2.75, 3.05) is 13.1 Å². The van der Waals surface area contributed by atoms with Crippen LogP contribution in [0.4, 0.5) is 0 Å². The molecule has 18 heavy (non-hydrogen) atoms. The molecule has 1 fully saturated rings. The number of carbonyl (C=O) groups is 1. The summed E-state index contributed by atoms with van der Waals surface area (Å²) in [4.78, 5) is 16.8. The van der Waals surface area contributed by atoms with Crippen LogP contribution in [0.25, 0.3) is 10.4 Å². The van der Waals surface area contributed by atoms with Gasteiger partial charge in [-0.3, -0.25) is 4.79 Å². The number of rotatable bonds is 4. The number of amides is 1. The van der Waals surface area contributed by atoms with Crippen LogP contribution in [0.3, 0.4) is 0 Å². The first-order valence-corrected chi connectivity index (χ1v) is 6.47. The van der Waals surface area contributed by atoms with Gasteiger partial charge in [0, 0.05) is 30.0 Å². The maximum atomic E-state index is 12.1. The van der Waals surface area contributed by atoms with Crippen LogP contribution in [0.2, 0.25) is 0 Å². The molecule has 1 saturated heterocycles. The van der Waals surface area contributed by atoms with Crippen LogP contribution in [0.1, 0.15) is 47.5 Å². The van der Waals surface area contributed by atoms with Gasteiger partial charge in [0.15, 0.2) is 0 Å². The minimum atomic E-state index is -0.138. The van der Waals surface area contributed by atoms with Gasteiger partial charge in [0.05, 0.1) is 0 Å². The van der Waals surface area contributed by atoms with E-state index in [1.165, 1.54) is 0 Å². The normalized spacial score (nSPS) is 21.1. The largest absolute Gasteiger partial charge is 0.337 e. The highest BCUT2D eigenvalue weighted by atomic mass is 16.2. The number of azide groups is 1. The highest BCUT2D eigenvalue weighted by Crippen LogP contribution is 2.35. The Kier molecular flexibility index (Phi) is 4.28. The van der Waals surface area contributed by atoms with Gasteiger partial charge in [-0.25, -0.2) is 0 Å². The van der Waals surface area contributed by atoms with Crippen molar-refractivity contribution in [1.82, 2.24) is 4.90 Å². The first kappa shape index (κ1) is 14.8. The van der Waals surface area contributed by atoms with Crippen LogP contribution in [0.15, 0.2) is 5.11 Å². The van der Waals surface area contributed by atoms with Crippen LogP contribution < -0.4 is 0 Å². The summed E-state index contributed by atoms with van der Waals surface area (Å²) < 4.78 is 0. The van der Waals surface area contributed by atoms with Crippen molar-refractivity contribution in [3.8, 4) is 0 Å². The Bertz CT molecular complexity index is 364. The average Bonchev–Trinajstić information content (AvgIpc) is 2.53. The molecule has 5 nitrogen and oxygen atoms in total. The Morgan fingerprint density at radius 1 is 1.39 bits per heavy atom. The Hall–Kier alpha value is -1.22. The molecule has 1 amide bonds. The molecule has 1 rings (SSSR count). The fourth-order valence-electron chi connectivity index (χ4n) is 3.03. The number of nitrogens with zero attached hydrogens (tertiary/aromatic N) is 4. The molecule has 0 aromatic heterocycles. The van der Waals surface area contributed by atoms with Crippen molar-refractivity contribution in [1.29, 1.82) is 0 Å². The summed E-state index contributed by atoms with van der Waals surface area (Å²) in [5.41, 5.74) is 8.38. The molecule has 0 spiro atoms. The number of hydrogen-bond donors (Lipinski definition) is 0. The highest BCUT2D eigenvalue weighted by molar-refractivity contribution is 5.79. The van der Waals surface area contributed by atoms with Crippen LogP contribution in [-0.2, 0) is 4.79 Å². The fraction of sp³-hybridized carbons (Fsp3) is 0.923. The summed E-state index contributed by atoms with van der Waals surface area (Å²) in [5.74, 6) is 0.357. The summed E-state index contributed by atoms with van der Waals surface area (Å²) in [6.45, 7) is 11.9. The SMILES string of the molecule is CC(C)(C)CC(C)(C)N1CC(CN=[N+]=[N-])CC1=O. The second-order valence-electron chi connectivity index (χ2n) is 7.04. The molecule has 0 bridgehead atoms. The van der Waals surface area contributed by atoms with E-state index < -0.39 is 0 Å². The van der Waals surface area contributed by atoms with Gasteiger partial charge in [-0.2, -0.15) is 0 Å². The Labute approximate surface area is 109 Å². The van der Waals surface area contributed by atoms with Gasteiger partial charge in [0.25, 0.3) is 0 Å². The quantitative estimate of drug-likeness (QED) is 0.429. The van der Waals surface area contributed by atoms with Gasteiger partial charge in [-0.1, -0.05) is 25.9 Å². The Morgan fingerprint density at radius 2 is 2.00 bits per heavy atom. The molecular weight excluding hydrogens is 228 g/mol. The first-order chi connectivity index (χ1) is 8.15. The van der Waals surface area contributed by atoms with Gasteiger partial charge in [-0.15, -0.1) is 0 Å². The molecule has 0 radical (unpaired) electrons. The van der Waals surface area contributed by atoms with Gasteiger partial charge in [0.1, 0.15) is 0 Å². The molecular formula is C13H24N4O. The third kappa shape index (κ3) is 3.91. The molecule has 0 aliphatic carbocycles. The predicted octanol–water partition coefficient (Wildman–Crippen LogP) is 3.36. The summed E-state index contributed by atoms with van der Waals surface area (Å²) in [6.07, 6.45) is 1.46. The van der Waals surface area contributed by atoms with E-state index in [0.717, 1.165) is 6.42 Å². The maximum Gasteiger partial charge on any atom is 0.223 e. The lowest BCUT2D eigenvalue weighted by Gasteiger charge is -2.40. The lowest BCUT2D eigenvalue weighted by molar-refractivity contribution is -0.133. The first-order valence-electron chi connectivity index (χ1n) is 6.47. The zero-order valence-electron chi connectivity index (χ0n) is 12.1. The van der Waals surface area contributed by atoms with Gasteiger partial charge < -0.3 is 4.90 Å². The predicted molar refractivity (Wildman–Crippen MR) is 72.0 cm³/mol. The molecule has 1 aliphatic rings. The number of likely N-dealkylation sites (tertiary alicyclic amines) is 1. The lowest BCUT2D eigenvalue weighted by atomic mass is 9.81. The monoisotopic (exact) mass is 252 g/mol. The van der Waals surface area contributed by atoms with E-state index in [-0.39, 0.29) is 22.8 Å². The van der Waals surface area contributed by atoms with Gasteiger partial charge in [-0.05, 0) is 37.1 Å². The van der Waals surface area contributed by atoms with Crippen LogP contribution in [0, 0.1) is 11.3 Å². The number of hydrogen-bond acceptors (Lipinski definition) is 2. The van der Waals surface area contributed by atoms with E-state index in [0.29, 0.717) is 19.5 Å². The van der Waals surface area contributed by atoms with E-state index in [1.54, 1.807) is 0 Å². The summed E-state index contributed by atoms with van der Waals surface area (Å²) in [7, 11) is 0. The standard InChI is InChI=1S/C13H24N4O/c1-12(2,3)9-13(4,5)17-8-10(6-11(17)18)7-15-16-14/h10H,6-9H2,1-5H3. The summed E-state index contributed by atoms with van der Waals surface area (Å²) in [6, 6.07) is 0.